The van der Waals surface area contributed by atoms with E-state index in [1.165, 1.54) is 11.0 Å². The van der Waals surface area contributed by atoms with E-state index in [4.69, 9.17) is 16.7 Å². The molecule has 0 heterocycles. The van der Waals surface area contributed by atoms with E-state index in [1.54, 1.807) is 44.3 Å². The monoisotopic (exact) mass is 351 g/mol. The first-order chi connectivity index (χ1) is 11.3. The molecule has 1 unspecified atom stereocenters. The van der Waals surface area contributed by atoms with Crippen LogP contribution in [0, 0.1) is 12.7 Å². The fraction of sp³-hybridized carbons (Fsp3) is 0.278. The van der Waals surface area contributed by atoms with Crippen LogP contribution < -0.4 is 0 Å². The minimum absolute atomic E-state index is 0.0238. The zero-order valence-corrected chi connectivity index (χ0v) is 14.2. The molecule has 0 saturated carbocycles. The Morgan fingerprint density at radius 2 is 2.04 bits per heavy atom. The Hall–Kier alpha value is -1.95. The predicted molar refractivity (Wildman–Crippen MR) is 91.6 cm³/mol. The van der Waals surface area contributed by atoms with Crippen molar-refractivity contribution in [3.05, 3.63) is 58.4 Å². The molecule has 0 aliphatic heterocycles. The summed E-state index contributed by atoms with van der Waals surface area (Å²) in [5.41, 5.74) is 2.22. The molecule has 1 amide bonds. The number of hydrogen-bond donors (Lipinski definition) is 2. The number of hydrogen-bond acceptors (Lipinski definition) is 3. The smallest absolute Gasteiger partial charge is 0.253 e. The van der Waals surface area contributed by atoms with Gasteiger partial charge in [-0.1, -0.05) is 23.7 Å². The number of carbonyl (C=O) groups excluding carboxylic acids is 1. The largest absolute Gasteiger partial charge is 0.394 e. The van der Waals surface area contributed by atoms with Crippen LogP contribution in [0.4, 0.5) is 4.39 Å². The molecule has 0 saturated heterocycles. The van der Waals surface area contributed by atoms with Gasteiger partial charge in [-0.2, -0.15) is 0 Å². The SMILES string of the molecule is Cc1cc(-c2cccc(C(=O)N(C)CC(O)CO)c2)c(Cl)cc1F. The lowest BCUT2D eigenvalue weighted by molar-refractivity contribution is 0.0520. The third-order valence-electron chi connectivity index (χ3n) is 3.71. The summed E-state index contributed by atoms with van der Waals surface area (Å²) in [6, 6.07) is 9.72. The summed E-state index contributed by atoms with van der Waals surface area (Å²) in [4.78, 5) is 13.8. The summed E-state index contributed by atoms with van der Waals surface area (Å²) in [7, 11) is 1.54. The Bertz CT molecular complexity index is 751. The van der Waals surface area contributed by atoms with Gasteiger partial charge in [0.05, 0.1) is 17.7 Å². The molecule has 6 heteroatoms. The van der Waals surface area contributed by atoms with Crippen LogP contribution in [0.5, 0.6) is 0 Å². The van der Waals surface area contributed by atoms with Gasteiger partial charge >= 0.3 is 0 Å². The summed E-state index contributed by atoms with van der Waals surface area (Å²) in [6.07, 6.45) is -0.990. The van der Waals surface area contributed by atoms with Crippen molar-refractivity contribution in [2.24, 2.45) is 0 Å². The maximum absolute atomic E-state index is 13.6. The molecule has 0 spiro atoms. The maximum atomic E-state index is 13.6. The van der Waals surface area contributed by atoms with Crippen molar-refractivity contribution in [2.45, 2.75) is 13.0 Å². The highest BCUT2D eigenvalue weighted by Crippen LogP contribution is 2.31. The van der Waals surface area contributed by atoms with Gasteiger partial charge in [0.15, 0.2) is 0 Å². The van der Waals surface area contributed by atoms with Crippen LogP contribution >= 0.6 is 11.6 Å². The number of aliphatic hydroxyl groups is 2. The Morgan fingerprint density at radius 1 is 1.33 bits per heavy atom. The van der Waals surface area contributed by atoms with Gasteiger partial charge in [-0.25, -0.2) is 4.39 Å². The van der Waals surface area contributed by atoms with Crippen molar-refractivity contribution in [2.75, 3.05) is 20.2 Å². The molecule has 2 N–H and O–H groups in total. The van der Waals surface area contributed by atoms with Crippen LogP contribution in [0.1, 0.15) is 15.9 Å². The van der Waals surface area contributed by atoms with E-state index in [-0.39, 0.29) is 23.3 Å². The first-order valence-electron chi connectivity index (χ1n) is 7.44. The molecular weight excluding hydrogens is 333 g/mol. The van der Waals surface area contributed by atoms with Gasteiger partial charge in [-0.05, 0) is 42.3 Å². The standard InChI is InChI=1S/C18H19ClFNO3/c1-11-6-15(16(19)8-17(11)20)12-4-3-5-13(7-12)18(24)21(2)9-14(23)10-22/h3-8,14,22-23H,9-10H2,1-2H3. The number of benzene rings is 2. The second-order valence-electron chi connectivity index (χ2n) is 5.68. The number of likely N-dealkylation sites (N-methyl/N-ethyl adjacent to an activating group) is 1. The lowest BCUT2D eigenvalue weighted by Crippen LogP contribution is -2.35. The van der Waals surface area contributed by atoms with Crippen LogP contribution in [-0.4, -0.2) is 47.3 Å². The number of halogens is 2. The van der Waals surface area contributed by atoms with Crippen molar-refractivity contribution < 1.29 is 19.4 Å². The third-order valence-corrected chi connectivity index (χ3v) is 4.02. The number of carbonyl (C=O) groups is 1. The highest BCUT2D eigenvalue weighted by atomic mass is 35.5. The molecule has 1 atom stereocenters. The summed E-state index contributed by atoms with van der Waals surface area (Å²) in [6.45, 7) is 1.26. The average Bonchev–Trinajstić information content (AvgIpc) is 2.57. The maximum Gasteiger partial charge on any atom is 0.253 e. The van der Waals surface area contributed by atoms with Crippen LogP contribution in [0.3, 0.4) is 0 Å². The second kappa shape index (κ2) is 7.75. The first kappa shape index (κ1) is 18.4. The second-order valence-corrected chi connectivity index (χ2v) is 6.09. The fourth-order valence-electron chi connectivity index (χ4n) is 2.38. The highest BCUT2D eigenvalue weighted by Gasteiger charge is 2.16. The molecule has 0 aliphatic rings. The van der Waals surface area contributed by atoms with Crippen molar-refractivity contribution >= 4 is 17.5 Å². The van der Waals surface area contributed by atoms with Gasteiger partial charge in [0.2, 0.25) is 0 Å². The van der Waals surface area contributed by atoms with Gasteiger partial charge < -0.3 is 15.1 Å². The van der Waals surface area contributed by atoms with Crippen molar-refractivity contribution in [1.82, 2.24) is 4.90 Å². The van der Waals surface area contributed by atoms with E-state index in [9.17, 15) is 14.3 Å². The van der Waals surface area contributed by atoms with Crippen LogP contribution in [0.15, 0.2) is 36.4 Å². The first-order valence-corrected chi connectivity index (χ1v) is 7.81. The zero-order chi connectivity index (χ0) is 17.9. The van der Waals surface area contributed by atoms with Gasteiger partial charge in [0, 0.05) is 24.7 Å². The molecule has 0 aromatic heterocycles. The van der Waals surface area contributed by atoms with Gasteiger partial charge in [-0.15, -0.1) is 0 Å². The minimum atomic E-state index is -0.990. The summed E-state index contributed by atoms with van der Waals surface area (Å²) in [5, 5.41) is 18.6. The molecule has 2 rings (SSSR count). The van der Waals surface area contributed by atoms with Crippen LogP contribution in [0.25, 0.3) is 11.1 Å². The molecule has 0 fully saturated rings. The number of amides is 1. The lowest BCUT2D eigenvalue weighted by Gasteiger charge is -2.20. The van der Waals surface area contributed by atoms with Crippen molar-refractivity contribution in [3.63, 3.8) is 0 Å². The zero-order valence-electron chi connectivity index (χ0n) is 13.5. The molecule has 128 valence electrons. The molecule has 0 aliphatic carbocycles. The number of nitrogens with zero attached hydrogens (tertiary/aromatic N) is 1. The highest BCUT2D eigenvalue weighted by molar-refractivity contribution is 6.33. The Labute approximate surface area is 145 Å². The molecule has 24 heavy (non-hydrogen) atoms. The Morgan fingerprint density at radius 3 is 2.71 bits per heavy atom. The molecular formula is C18H19ClFNO3. The summed E-state index contributed by atoms with van der Waals surface area (Å²) in [5.74, 6) is -0.673. The van der Waals surface area contributed by atoms with Crippen molar-refractivity contribution in [1.29, 1.82) is 0 Å². The quantitative estimate of drug-likeness (QED) is 0.870. The Balaban J connectivity index is 2.32. The van der Waals surface area contributed by atoms with Gasteiger partial charge in [0.1, 0.15) is 5.82 Å². The van der Waals surface area contributed by atoms with E-state index in [1.807, 2.05) is 0 Å². The third kappa shape index (κ3) is 4.12. The topological polar surface area (TPSA) is 60.8 Å². The summed E-state index contributed by atoms with van der Waals surface area (Å²) >= 11 is 6.12. The van der Waals surface area contributed by atoms with Crippen molar-refractivity contribution in [3.8, 4) is 11.1 Å². The Kier molecular flexibility index (Phi) is 5.94. The van der Waals surface area contributed by atoms with Gasteiger partial charge in [-0.3, -0.25) is 4.79 Å². The average molecular weight is 352 g/mol. The number of aliphatic hydroxyl groups excluding tert-OH is 2. The molecule has 2 aromatic carbocycles. The molecule has 0 radical (unpaired) electrons. The van der Waals surface area contributed by atoms with Gasteiger partial charge in [0.25, 0.3) is 5.91 Å². The number of rotatable bonds is 5. The van der Waals surface area contributed by atoms with E-state index in [2.05, 4.69) is 0 Å². The summed E-state index contributed by atoms with van der Waals surface area (Å²) < 4.78 is 13.6. The van der Waals surface area contributed by atoms with E-state index in [0.29, 0.717) is 22.3 Å². The molecule has 4 nitrogen and oxygen atoms in total. The number of aryl methyl sites for hydroxylation is 1. The molecule has 0 bridgehead atoms. The van der Waals surface area contributed by atoms with E-state index in [0.717, 1.165) is 0 Å². The fourth-order valence-corrected chi connectivity index (χ4v) is 2.63. The van der Waals surface area contributed by atoms with E-state index >= 15 is 0 Å². The predicted octanol–water partition coefficient (Wildman–Crippen LogP) is 2.88. The lowest BCUT2D eigenvalue weighted by atomic mass is 10.0. The van der Waals surface area contributed by atoms with Crippen LogP contribution in [0.2, 0.25) is 5.02 Å². The van der Waals surface area contributed by atoms with Crippen LogP contribution in [-0.2, 0) is 0 Å². The van der Waals surface area contributed by atoms with E-state index < -0.39 is 12.7 Å². The molecule has 2 aromatic rings. The normalized spacial score (nSPS) is 12.1. The minimum Gasteiger partial charge on any atom is -0.394 e.